The summed E-state index contributed by atoms with van der Waals surface area (Å²) in [6.45, 7) is 1.58. The Hall–Kier alpha value is -2.04. The van der Waals surface area contributed by atoms with Crippen molar-refractivity contribution in [3.63, 3.8) is 0 Å². The summed E-state index contributed by atoms with van der Waals surface area (Å²) in [6.07, 6.45) is 3.68. The summed E-state index contributed by atoms with van der Waals surface area (Å²) < 4.78 is 5.62. The molecule has 1 heterocycles. The Morgan fingerprint density at radius 1 is 1.22 bits per heavy atom. The molecule has 0 saturated carbocycles. The van der Waals surface area contributed by atoms with Gasteiger partial charge in [-0.05, 0) is 37.5 Å². The third-order valence-electron chi connectivity index (χ3n) is 3.07. The monoisotopic (exact) mass is 241 g/mol. The number of anilines is 1. The van der Waals surface area contributed by atoms with Gasteiger partial charge in [-0.2, -0.15) is 10.5 Å². The van der Waals surface area contributed by atoms with Crippen molar-refractivity contribution < 1.29 is 4.74 Å². The minimum atomic E-state index is 0.250. The van der Waals surface area contributed by atoms with Crippen LogP contribution in [0.5, 0.6) is 0 Å². The fourth-order valence-corrected chi connectivity index (χ4v) is 2.04. The standard InChI is InChI=1S/C14H15N3O/c15-8-11-4-5-13(7-12(11)9-16)17-10-14-3-1-2-6-18-14/h4-5,7,14,17H,1-3,6,10H2. The van der Waals surface area contributed by atoms with E-state index in [4.69, 9.17) is 15.3 Å². The van der Waals surface area contributed by atoms with Gasteiger partial charge in [-0.15, -0.1) is 0 Å². The molecule has 4 heteroatoms. The van der Waals surface area contributed by atoms with E-state index in [0.717, 1.165) is 31.7 Å². The lowest BCUT2D eigenvalue weighted by Crippen LogP contribution is -2.26. The Morgan fingerprint density at radius 2 is 2.06 bits per heavy atom. The fraction of sp³-hybridized carbons (Fsp3) is 0.429. The third kappa shape index (κ3) is 3.00. The molecule has 1 aromatic carbocycles. The normalized spacial score (nSPS) is 18.7. The molecule has 92 valence electrons. The number of benzene rings is 1. The molecule has 1 atom stereocenters. The molecule has 0 spiro atoms. The van der Waals surface area contributed by atoms with Crippen LogP contribution < -0.4 is 5.32 Å². The van der Waals surface area contributed by atoms with Crippen LogP contribution in [0, 0.1) is 22.7 Å². The van der Waals surface area contributed by atoms with Gasteiger partial charge in [0.05, 0.1) is 17.2 Å². The van der Waals surface area contributed by atoms with Gasteiger partial charge in [-0.3, -0.25) is 0 Å². The van der Waals surface area contributed by atoms with Crippen LogP contribution in [-0.4, -0.2) is 19.3 Å². The Kier molecular flexibility index (Phi) is 4.17. The van der Waals surface area contributed by atoms with E-state index in [1.165, 1.54) is 6.42 Å². The summed E-state index contributed by atoms with van der Waals surface area (Å²) in [5.41, 5.74) is 1.68. The van der Waals surface area contributed by atoms with E-state index in [1.807, 2.05) is 18.2 Å². The predicted octanol–water partition coefficient (Wildman–Crippen LogP) is 2.41. The second-order valence-electron chi connectivity index (χ2n) is 4.35. The first-order valence-corrected chi connectivity index (χ1v) is 6.13. The van der Waals surface area contributed by atoms with E-state index in [-0.39, 0.29) is 6.10 Å². The van der Waals surface area contributed by atoms with Crippen LogP contribution in [0.4, 0.5) is 5.69 Å². The van der Waals surface area contributed by atoms with Crippen molar-refractivity contribution in [2.24, 2.45) is 0 Å². The van der Waals surface area contributed by atoms with Gasteiger partial charge in [0.25, 0.3) is 0 Å². The van der Waals surface area contributed by atoms with Gasteiger partial charge in [-0.1, -0.05) is 0 Å². The summed E-state index contributed by atoms with van der Waals surface area (Å²) in [7, 11) is 0. The van der Waals surface area contributed by atoms with Crippen molar-refractivity contribution in [2.75, 3.05) is 18.5 Å². The Balaban J connectivity index is 1.97. The first-order chi connectivity index (χ1) is 8.83. The smallest absolute Gasteiger partial charge is 0.101 e. The van der Waals surface area contributed by atoms with Gasteiger partial charge >= 0.3 is 0 Å². The van der Waals surface area contributed by atoms with Crippen molar-refractivity contribution in [3.05, 3.63) is 29.3 Å². The molecular formula is C14H15N3O. The van der Waals surface area contributed by atoms with Gasteiger partial charge in [0, 0.05) is 18.8 Å². The van der Waals surface area contributed by atoms with Crippen LogP contribution in [0.2, 0.25) is 0 Å². The number of nitrogens with zero attached hydrogens (tertiary/aromatic N) is 2. The SMILES string of the molecule is N#Cc1ccc(NCC2CCCCO2)cc1C#N. The molecule has 1 saturated heterocycles. The van der Waals surface area contributed by atoms with Gasteiger partial charge in [0.15, 0.2) is 0 Å². The molecule has 0 amide bonds. The number of nitriles is 2. The molecule has 1 N–H and O–H groups in total. The van der Waals surface area contributed by atoms with Crippen LogP contribution >= 0.6 is 0 Å². The predicted molar refractivity (Wildman–Crippen MR) is 68.0 cm³/mol. The quantitative estimate of drug-likeness (QED) is 0.882. The summed E-state index contributed by atoms with van der Waals surface area (Å²) in [4.78, 5) is 0. The van der Waals surface area contributed by atoms with E-state index < -0.39 is 0 Å². The van der Waals surface area contributed by atoms with Crippen LogP contribution in [0.3, 0.4) is 0 Å². The maximum absolute atomic E-state index is 8.94. The minimum Gasteiger partial charge on any atom is -0.382 e. The summed E-state index contributed by atoms with van der Waals surface area (Å²) in [5.74, 6) is 0. The third-order valence-corrected chi connectivity index (χ3v) is 3.07. The van der Waals surface area contributed by atoms with Crippen LogP contribution in [0.15, 0.2) is 18.2 Å². The van der Waals surface area contributed by atoms with E-state index >= 15 is 0 Å². The molecule has 0 radical (unpaired) electrons. The molecule has 1 aliphatic rings. The highest BCUT2D eigenvalue weighted by Gasteiger charge is 2.13. The van der Waals surface area contributed by atoms with Crippen LogP contribution in [-0.2, 0) is 4.74 Å². The number of hydrogen-bond donors (Lipinski definition) is 1. The van der Waals surface area contributed by atoms with E-state index in [9.17, 15) is 0 Å². The maximum atomic E-state index is 8.94. The molecule has 0 bridgehead atoms. The number of hydrogen-bond acceptors (Lipinski definition) is 4. The molecule has 1 unspecified atom stereocenters. The van der Waals surface area contributed by atoms with Crippen molar-refractivity contribution in [1.29, 1.82) is 10.5 Å². The molecule has 2 rings (SSSR count). The summed E-state index contributed by atoms with van der Waals surface area (Å²) >= 11 is 0. The van der Waals surface area contributed by atoms with E-state index in [0.29, 0.717) is 11.1 Å². The highest BCUT2D eigenvalue weighted by atomic mass is 16.5. The second-order valence-corrected chi connectivity index (χ2v) is 4.35. The van der Waals surface area contributed by atoms with Gasteiger partial charge in [0.1, 0.15) is 12.1 Å². The zero-order valence-corrected chi connectivity index (χ0v) is 10.1. The molecular weight excluding hydrogens is 226 g/mol. The largest absolute Gasteiger partial charge is 0.382 e. The fourth-order valence-electron chi connectivity index (χ4n) is 2.04. The van der Waals surface area contributed by atoms with Crippen molar-refractivity contribution >= 4 is 5.69 Å². The van der Waals surface area contributed by atoms with Crippen molar-refractivity contribution in [2.45, 2.75) is 25.4 Å². The lowest BCUT2D eigenvalue weighted by Gasteiger charge is -2.23. The lowest BCUT2D eigenvalue weighted by atomic mass is 10.1. The number of rotatable bonds is 3. The lowest BCUT2D eigenvalue weighted by molar-refractivity contribution is 0.0247. The molecule has 4 nitrogen and oxygen atoms in total. The average Bonchev–Trinajstić information content (AvgIpc) is 2.45. The van der Waals surface area contributed by atoms with Crippen molar-refractivity contribution in [3.8, 4) is 12.1 Å². The van der Waals surface area contributed by atoms with Crippen LogP contribution in [0.1, 0.15) is 30.4 Å². The molecule has 0 aromatic heterocycles. The van der Waals surface area contributed by atoms with Crippen LogP contribution in [0.25, 0.3) is 0 Å². The van der Waals surface area contributed by atoms with Gasteiger partial charge < -0.3 is 10.1 Å². The minimum absolute atomic E-state index is 0.250. The average molecular weight is 241 g/mol. The summed E-state index contributed by atoms with van der Waals surface area (Å²) in [5, 5.41) is 21.0. The Labute approximate surface area is 107 Å². The molecule has 18 heavy (non-hydrogen) atoms. The van der Waals surface area contributed by atoms with E-state index in [2.05, 4.69) is 5.32 Å². The van der Waals surface area contributed by atoms with Crippen molar-refractivity contribution in [1.82, 2.24) is 0 Å². The highest BCUT2D eigenvalue weighted by Crippen LogP contribution is 2.17. The maximum Gasteiger partial charge on any atom is 0.101 e. The Bertz CT molecular complexity index is 493. The van der Waals surface area contributed by atoms with E-state index in [1.54, 1.807) is 12.1 Å². The topological polar surface area (TPSA) is 68.8 Å². The molecule has 1 aliphatic heterocycles. The zero-order chi connectivity index (χ0) is 12.8. The first-order valence-electron chi connectivity index (χ1n) is 6.13. The Morgan fingerprint density at radius 3 is 2.72 bits per heavy atom. The first kappa shape index (κ1) is 12.4. The summed E-state index contributed by atoms with van der Waals surface area (Å²) in [6, 6.07) is 9.24. The highest BCUT2D eigenvalue weighted by molar-refractivity contribution is 5.56. The van der Waals surface area contributed by atoms with Gasteiger partial charge in [0.2, 0.25) is 0 Å². The number of nitrogens with one attached hydrogen (secondary N) is 1. The second kappa shape index (κ2) is 6.05. The molecule has 1 fully saturated rings. The zero-order valence-electron chi connectivity index (χ0n) is 10.1. The molecule has 0 aliphatic carbocycles. The number of ether oxygens (including phenoxy) is 1. The van der Waals surface area contributed by atoms with Gasteiger partial charge in [-0.25, -0.2) is 0 Å². The molecule has 1 aromatic rings.